The van der Waals surface area contributed by atoms with Gasteiger partial charge >= 0.3 is 5.97 Å². The Morgan fingerprint density at radius 3 is 1.57 bits per heavy atom. The average molecular weight is 428 g/mol. The van der Waals surface area contributed by atoms with Gasteiger partial charge in [0.05, 0.1) is 19.1 Å². The van der Waals surface area contributed by atoms with E-state index >= 15 is 0 Å². The van der Waals surface area contributed by atoms with E-state index < -0.39 is 5.97 Å². The Morgan fingerprint density at radius 2 is 1.13 bits per heavy atom. The van der Waals surface area contributed by atoms with E-state index in [-0.39, 0.29) is 6.42 Å². The molecule has 0 saturated heterocycles. The van der Waals surface area contributed by atoms with Crippen LogP contribution in [0.5, 0.6) is 0 Å². The molecule has 0 amide bonds. The van der Waals surface area contributed by atoms with Crippen molar-refractivity contribution in [1.29, 1.82) is 0 Å². The second kappa shape index (κ2) is 24.7. The molecule has 0 aliphatic carbocycles. The third-order valence-corrected chi connectivity index (χ3v) is 5.91. The van der Waals surface area contributed by atoms with Gasteiger partial charge < -0.3 is 15.2 Å². The first kappa shape index (κ1) is 29.4. The quantitative estimate of drug-likeness (QED) is 0.148. The highest BCUT2D eigenvalue weighted by molar-refractivity contribution is 5.66. The molecule has 0 unspecified atom stereocenters. The normalized spacial score (nSPS) is 11.4. The molecule has 0 atom stereocenters. The molecule has 0 fully saturated rings. The van der Waals surface area contributed by atoms with E-state index in [1.165, 1.54) is 116 Å². The third kappa shape index (κ3) is 23.7. The second-order valence-electron chi connectivity index (χ2n) is 8.91. The Kier molecular flexibility index (Phi) is 24.2. The minimum absolute atomic E-state index is 0.180. The topological polar surface area (TPSA) is 58.6 Å². The van der Waals surface area contributed by atoms with Crippen molar-refractivity contribution in [2.75, 3.05) is 19.7 Å². The van der Waals surface area contributed by atoms with E-state index in [2.05, 4.69) is 19.2 Å². The van der Waals surface area contributed by atoms with Gasteiger partial charge in [-0.1, -0.05) is 117 Å². The second-order valence-corrected chi connectivity index (χ2v) is 8.91. The zero-order valence-electron chi connectivity index (χ0n) is 20.4. The molecule has 180 valence electrons. The van der Waals surface area contributed by atoms with Gasteiger partial charge in [0, 0.05) is 13.1 Å². The zero-order chi connectivity index (χ0) is 22.1. The predicted molar refractivity (Wildman–Crippen MR) is 129 cm³/mol. The monoisotopic (exact) mass is 427 g/mol. The maximum Gasteiger partial charge on any atom is 0.304 e. The molecule has 4 heteroatoms. The molecule has 4 nitrogen and oxygen atoms in total. The van der Waals surface area contributed by atoms with Crippen molar-refractivity contribution in [3.63, 3.8) is 0 Å². The van der Waals surface area contributed by atoms with Crippen molar-refractivity contribution in [2.45, 2.75) is 142 Å². The summed E-state index contributed by atoms with van der Waals surface area (Å²) in [5.41, 5.74) is 0. The number of nitrogens with one attached hydrogen (secondary N) is 1. The van der Waals surface area contributed by atoms with Crippen LogP contribution in [0.25, 0.3) is 0 Å². The maximum absolute atomic E-state index is 10.6. The maximum atomic E-state index is 10.6. The first-order chi connectivity index (χ1) is 14.7. The number of rotatable bonds is 25. The molecule has 30 heavy (non-hydrogen) atoms. The summed E-state index contributed by atoms with van der Waals surface area (Å²) in [5.74, 6) is -0.745. The van der Waals surface area contributed by atoms with E-state index in [4.69, 9.17) is 9.84 Å². The van der Waals surface area contributed by atoms with Crippen molar-refractivity contribution in [2.24, 2.45) is 0 Å². The lowest BCUT2D eigenvalue weighted by Gasteiger charge is -2.18. The standard InChI is InChI=1S/C26H53NO3/c1-3-5-7-9-11-13-15-17-19-25(30-24-23-27-22-21-26(28)29)20-18-16-14-12-10-8-6-4-2/h25,27H,3-24H2,1-2H3,(H,28,29). The molecule has 0 radical (unpaired) electrons. The van der Waals surface area contributed by atoms with Crippen LogP contribution in [0.4, 0.5) is 0 Å². The van der Waals surface area contributed by atoms with Gasteiger partial charge in [0.25, 0.3) is 0 Å². The number of carbonyl (C=O) groups is 1. The van der Waals surface area contributed by atoms with Gasteiger partial charge in [-0.2, -0.15) is 0 Å². The van der Waals surface area contributed by atoms with E-state index in [1.54, 1.807) is 0 Å². The summed E-state index contributed by atoms with van der Waals surface area (Å²) >= 11 is 0. The summed E-state index contributed by atoms with van der Waals surface area (Å²) < 4.78 is 6.16. The lowest BCUT2D eigenvalue weighted by atomic mass is 10.0. The minimum atomic E-state index is -0.745. The number of aliphatic carboxylic acids is 1. The van der Waals surface area contributed by atoms with Crippen LogP contribution >= 0.6 is 0 Å². The van der Waals surface area contributed by atoms with E-state index in [0.717, 1.165) is 6.54 Å². The third-order valence-electron chi connectivity index (χ3n) is 5.91. The SMILES string of the molecule is CCCCCCCCCCC(CCCCCCCCCC)OCCNCCC(=O)O. The van der Waals surface area contributed by atoms with Crippen molar-refractivity contribution in [3.8, 4) is 0 Å². The summed E-state index contributed by atoms with van der Waals surface area (Å²) in [6.07, 6.45) is 24.7. The molecule has 0 aliphatic heterocycles. The van der Waals surface area contributed by atoms with Crippen LogP contribution in [0.1, 0.15) is 136 Å². The van der Waals surface area contributed by atoms with Gasteiger partial charge in [-0.3, -0.25) is 4.79 Å². The summed E-state index contributed by atoms with van der Waals surface area (Å²) in [6, 6.07) is 0. The predicted octanol–water partition coefficient (Wildman–Crippen LogP) is 7.50. The Bertz CT molecular complexity index is 329. The Hall–Kier alpha value is -0.610. The minimum Gasteiger partial charge on any atom is -0.481 e. The molecule has 0 aromatic rings. The molecule has 2 N–H and O–H groups in total. The lowest BCUT2D eigenvalue weighted by Crippen LogP contribution is -2.25. The first-order valence-corrected chi connectivity index (χ1v) is 13.2. The fourth-order valence-electron chi connectivity index (χ4n) is 3.94. The van der Waals surface area contributed by atoms with Gasteiger partial charge in [0.1, 0.15) is 0 Å². The van der Waals surface area contributed by atoms with E-state index in [9.17, 15) is 4.79 Å². The molecular formula is C26H53NO3. The summed E-state index contributed by atoms with van der Waals surface area (Å²) in [7, 11) is 0. The Morgan fingerprint density at radius 1 is 0.700 bits per heavy atom. The van der Waals surface area contributed by atoms with E-state index in [0.29, 0.717) is 19.3 Å². The van der Waals surface area contributed by atoms with Crippen LogP contribution in [0.3, 0.4) is 0 Å². The van der Waals surface area contributed by atoms with Crippen molar-refractivity contribution in [1.82, 2.24) is 5.32 Å². The summed E-state index contributed by atoms with van der Waals surface area (Å²) in [6.45, 7) is 6.51. The molecule has 0 aromatic carbocycles. The van der Waals surface area contributed by atoms with Crippen LogP contribution in [-0.4, -0.2) is 36.9 Å². The highest BCUT2D eigenvalue weighted by Crippen LogP contribution is 2.17. The fraction of sp³-hybridized carbons (Fsp3) is 0.962. The zero-order valence-corrected chi connectivity index (χ0v) is 20.4. The van der Waals surface area contributed by atoms with Crippen LogP contribution in [0.15, 0.2) is 0 Å². The van der Waals surface area contributed by atoms with Gasteiger partial charge in [0.2, 0.25) is 0 Å². The highest BCUT2D eigenvalue weighted by atomic mass is 16.5. The molecule has 0 saturated carbocycles. The van der Waals surface area contributed by atoms with Crippen molar-refractivity contribution >= 4 is 5.97 Å². The van der Waals surface area contributed by atoms with Gasteiger partial charge in [-0.15, -0.1) is 0 Å². The molecule has 0 aromatic heterocycles. The molecule has 0 aliphatic rings. The summed E-state index contributed by atoms with van der Waals surface area (Å²) in [4.78, 5) is 10.6. The molecule has 0 bridgehead atoms. The fourth-order valence-corrected chi connectivity index (χ4v) is 3.94. The largest absolute Gasteiger partial charge is 0.481 e. The van der Waals surface area contributed by atoms with Crippen molar-refractivity contribution < 1.29 is 14.6 Å². The molecule has 0 heterocycles. The molecule has 0 rings (SSSR count). The number of carboxylic acids is 1. The van der Waals surface area contributed by atoms with Crippen molar-refractivity contribution in [3.05, 3.63) is 0 Å². The molecular weight excluding hydrogens is 374 g/mol. The van der Waals surface area contributed by atoms with Gasteiger partial charge in [0.15, 0.2) is 0 Å². The van der Waals surface area contributed by atoms with Crippen LogP contribution < -0.4 is 5.32 Å². The van der Waals surface area contributed by atoms with Gasteiger partial charge in [-0.25, -0.2) is 0 Å². The van der Waals surface area contributed by atoms with Crippen LogP contribution in [0.2, 0.25) is 0 Å². The average Bonchev–Trinajstić information content (AvgIpc) is 2.73. The number of carboxylic acid groups (broad SMARTS) is 1. The number of ether oxygens (including phenoxy) is 1. The number of unbranched alkanes of at least 4 members (excludes halogenated alkanes) is 14. The Balaban J connectivity index is 3.85. The van der Waals surface area contributed by atoms with Gasteiger partial charge in [-0.05, 0) is 12.8 Å². The lowest BCUT2D eigenvalue weighted by molar-refractivity contribution is -0.136. The van der Waals surface area contributed by atoms with E-state index in [1.807, 2.05) is 0 Å². The highest BCUT2D eigenvalue weighted by Gasteiger charge is 2.09. The smallest absolute Gasteiger partial charge is 0.304 e. The Labute approximate surface area is 187 Å². The summed E-state index contributed by atoms with van der Waals surface area (Å²) in [5, 5.41) is 11.9. The van der Waals surface area contributed by atoms with Crippen LogP contribution in [0, 0.1) is 0 Å². The number of hydrogen-bond acceptors (Lipinski definition) is 3. The number of hydrogen-bond donors (Lipinski definition) is 2. The first-order valence-electron chi connectivity index (χ1n) is 13.2. The molecule has 0 spiro atoms. The van der Waals surface area contributed by atoms with Crippen LogP contribution in [-0.2, 0) is 9.53 Å².